The number of ether oxygens (including phenoxy) is 2. The number of hydrogen-bond donors (Lipinski definition) is 2. The fourth-order valence-corrected chi connectivity index (χ4v) is 1.25. The van der Waals surface area contributed by atoms with E-state index in [0.717, 1.165) is 12.0 Å². The van der Waals surface area contributed by atoms with Gasteiger partial charge in [0.1, 0.15) is 5.69 Å². The average Bonchev–Trinajstić information content (AvgIpc) is 2.38. The minimum atomic E-state index is -0.00812. The zero-order valence-corrected chi connectivity index (χ0v) is 9.80. The van der Waals surface area contributed by atoms with Crippen LogP contribution in [0.25, 0.3) is 0 Å². The van der Waals surface area contributed by atoms with E-state index in [0.29, 0.717) is 25.5 Å². The summed E-state index contributed by atoms with van der Waals surface area (Å²) in [4.78, 5) is 3.98. The fourth-order valence-electron chi connectivity index (χ4n) is 1.25. The Hall–Kier alpha value is -1.66. The van der Waals surface area contributed by atoms with Crippen molar-refractivity contribution in [1.29, 1.82) is 0 Å². The number of methoxy groups -OCH3 is 1. The van der Waals surface area contributed by atoms with Crippen LogP contribution < -0.4 is 5.73 Å². The molecule has 94 valence electrons. The van der Waals surface area contributed by atoms with Crippen LogP contribution in [0.5, 0.6) is 0 Å². The number of rotatable bonds is 7. The first-order valence-electron chi connectivity index (χ1n) is 5.27. The minimum Gasteiger partial charge on any atom is -0.409 e. The summed E-state index contributed by atoms with van der Waals surface area (Å²) in [5.41, 5.74) is 6.80. The Morgan fingerprint density at radius 2 is 2.35 bits per heavy atom. The van der Waals surface area contributed by atoms with Gasteiger partial charge in [-0.2, -0.15) is 0 Å². The fraction of sp³-hybridized carbons (Fsp3) is 0.455. The van der Waals surface area contributed by atoms with Crippen molar-refractivity contribution in [2.24, 2.45) is 10.9 Å². The molecule has 6 nitrogen and oxygen atoms in total. The maximum Gasteiger partial charge on any atom is 0.188 e. The summed E-state index contributed by atoms with van der Waals surface area (Å²) in [6.45, 7) is 1.79. The Labute approximate surface area is 100 Å². The predicted octanol–water partition coefficient (Wildman–Crippen LogP) is 0.729. The summed E-state index contributed by atoms with van der Waals surface area (Å²) >= 11 is 0. The molecule has 0 saturated heterocycles. The van der Waals surface area contributed by atoms with Crippen LogP contribution in [-0.2, 0) is 16.1 Å². The zero-order valence-electron chi connectivity index (χ0n) is 9.80. The number of aromatic nitrogens is 1. The number of oxime groups is 1. The van der Waals surface area contributed by atoms with Crippen molar-refractivity contribution in [3.05, 3.63) is 29.6 Å². The van der Waals surface area contributed by atoms with E-state index in [1.54, 1.807) is 19.4 Å². The van der Waals surface area contributed by atoms with Crippen LogP contribution in [0.1, 0.15) is 17.7 Å². The summed E-state index contributed by atoms with van der Waals surface area (Å²) in [5.74, 6) is -0.00812. The standard InChI is InChI=1S/C11H17N3O3/c1-16-5-2-6-17-8-9-3-4-13-10(7-9)11(12)14-15/h3-4,7,15H,2,5-6,8H2,1H3,(H2,12,14). The smallest absolute Gasteiger partial charge is 0.188 e. The number of nitrogens with two attached hydrogens (primary N) is 1. The Balaban J connectivity index is 2.43. The van der Waals surface area contributed by atoms with E-state index in [9.17, 15) is 0 Å². The lowest BCUT2D eigenvalue weighted by atomic mass is 10.2. The molecule has 0 aliphatic carbocycles. The van der Waals surface area contributed by atoms with Gasteiger partial charge < -0.3 is 20.4 Å². The van der Waals surface area contributed by atoms with Crippen LogP contribution in [-0.4, -0.2) is 36.4 Å². The van der Waals surface area contributed by atoms with Crippen molar-refractivity contribution in [3.8, 4) is 0 Å². The predicted molar refractivity (Wildman–Crippen MR) is 62.9 cm³/mol. The van der Waals surface area contributed by atoms with E-state index >= 15 is 0 Å². The summed E-state index contributed by atoms with van der Waals surface area (Å²) < 4.78 is 10.3. The van der Waals surface area contributed by atoms with Gasteiger partial charge in [-0.25, -0.2) is 0 Å². The molecular weight excluding hydrogens is 222 g/mol. The molecule has 1 heterocycles. The molecular formula is C11H17N3O3. The molecule has 0 unspecified atom stereocenters. The van der Waals surface area contributed by atoms with Gasteiger partial charge >= 0.3 is 0 Å². The second-order valence-corrected chi connectivity index (χ2v) is 3.43. The Morgan fingerprint density at radius 1 is 1.53 bits per heavy atom. The van der Waals surface area contributed by atoms with Crippen LogP contribution in [0.15, 0.2) is 23.5 Å². The summed E-state index contributed by atoms with van der Waals surface area (Å²) in [7, 11) is 1.66. The van der Waals surface area contributed by atoms with Crippen molar-refractivity contribution in [2.75, 3.05) is 20.3 Å². The van der Waals surface area contributed by atoms with Crippen molar-refractivity contribution in [2.45, 2.75) is 13.0 Å². The normalized spacial score (nSPS) is 11.7. The van der Waals surface area contributed by atoms with E-state index in [-0.39, 0.29) is 5.84 Å². The molecule has 1 aromatic rings. The highest BCUT2D eigenvalue weighted by Gasteiger charge is 2.02. The summed E-state index contributed by atoms with van der Waals surface area (Å²) in [6.07, 6.45) is 2.45. The Kier molecular flexibility index (Phi) is 5.98. The van der Waals surface area contributed by atoms with Gasteiger partial charge in [0.25, 0.3) is 0 Å². The van der Waals surface area contributed by atoms with E-state index in [1.807, 2.05) is 6.07 Å². The molecule has 0 radical (unpaired) electrons. The largest absolute Gasteiger partial charge is 0.409 e. The number of amidine groups is 1. The van der Waals surface area contributed by atoms with Gasteiger partial charge in [0.15, 0.2) is 5.84 Å². The van der Waals surface area contributed by atoms with Gasteiger partial charge in [0.2, 0.25) is 0 Å². The molecule has 0 aliphatic heterocycles. The van der Waals surface area contributed by atoms with E-state index in [1.165, 1.54) is 0 Å². The zero-order chi connectivity index (χ0) is 12.5. The van der Waals surface area contributed by atoms with Crippen LogP contribution in [0.2, 0.25) is 0 Å². The molecule has 17 heavy (non-hydrogen) atoms. The Morgan fingerprint density at radius 3 is 3.06 bits per heavy atom. The molecule has 0 saturated carbocycles. The lowest BCUT2D eigenvalue weighted by Gasteiger charge is -2.05. The first-order valence-corrected chi connectivity index (χ1v) is 5.27. The highest BCUT2D eigenvalue weighted by atomic mass is 16.5. The van der Waals surface area contributed by atoms with E-state index in [4.69, 9.17) is 20.4 Å². The van der Waals surface area contributed by atoms with Crippen LogP contribution in [0, 0.1) is 0 Å². The molecule has 0 aliphatic rings. The molecule has 1 aromatic heterocycles. The summed E-state index contributed by atoms with van der Waals surface area (Å²) in [5, 5.41) is 11.4. The van der Waals surface area contributed by atoms with Crippen LogP contribution >= 0.6 is 0 Å². The lowest BCUT2D eigenvalue weighted by molar-refractivity contribution is 0.0928. The number of pyridine rings is 1. The molecule has 0 bridgehead atoms. The SMILES string of the molecule is COCCCOCc1ccnc(C(N)=NO)c1. The highest BCUT2D eigenvalue weighted by Crippen LogP contribution is 2.04. The van der Waals surface area contributed by atoms with Crippen LogP contribution in [0.4, 0.5) is 0 Å². The molecule has 0 aromatic carbocycles. The topological polar surface area (TPSA) is 90.0 Å². The quantitative estimate of drug-likeness (QED) is 0.241. The van der Waals surface area contributed by atoms with E-state index < -0.39 is 0 Å². The highest BCUT2D eigenvalue weighted by molar-refractivity contribution is 5.95. The van der Waals surface area contributed by atoms with Gasteiger partial charge in [-0.1, -0.05) is 5.16 Å². The third-order valence-electron chi connectivity index (χ3n) is 2.10. The van der Waals surface area contributed by atoms with Crippen molar-refractivity contribution in [3.63, 3.8) is 0 Å². The van der Waals surface area contributed by atoms with Gasteiger partial charge in [-0.15, -0.1) is 0 Å². The number of nitrogens with zero attached hydrogens (tertiary/aromatic N) is 2. The summed E-state index contributed by atoms with van der Waals surface area (Å²) in [6, 6.07) is 3.55. The van der Waals surface area contributed by atoms with Gasteiger partial charge in [0, 0.05) is 26.5 Å². The molecule has 3 N–H and O–H groups in total. The first kappa shape index (κ1) is 13.4. The second-order valence-electron chi connectivity index (χ2n) is 3.43. The molecule has 1 rings (SSSR count). The van der Waals surface area contributed by atoms with Gasteiger partial charge in [0.05, 0.1) is 6.61 Å². The number of hydrogen-bond acceptors (Lipinski definition) is 5. The minimum absolute atomic E-state index is 0.00812. The van der Waals surface area contributed by atoms with E-state index in [2.05, 4.69) is 10.1 Å². The molecule has 0 atom stereocenters. The first-order chi connectivity index (χ1) is 8.27. The van der Waals surface area contributed by atoms with Gasteiger partial charge in [-0.3, -0.25) is 4.98 Å². The van der Waals surface area contributed by atoms with Gasteiger partial charge in [-0.05, 0) is 24.1 Å². The maximum atomic E-state index is 8.53. The molecule has 0 fully saturated rings. The van der Waals surface area contributed by atoms with Crippen molar-refractivity contribution in [1.82, 2.24) is 4.98 Å². The maximum absolute atomic E-state index is 8.53. The second kappa shape index (κ2) is 7.59. The van der Waals surface area contributed by atoms with Crippen molar-refractivity contribution < 1.29 is 14.7 Å². The molecule has 6 heteroatoms. The van der Waals surface area contributed by atoms with Crippen molar-refractivity contribution >= 4 is 5.84 Å². The monoisotopic (exact) mass is 239 g/mol. The average molecular weight is 239 g/mol. The third kappa shape index (κ3) is 4.80. The van der Waals surface area contributed by atoms with Crippen LogP contribution in [0.3, 0.4) is 0 Å². The molecule has 0 amide bonds. The third-order valence-corrected chi connectivity index (χ3v) is 2.10. The Bertz CT molecular complexity index is 369. The lowest BCUT2D eigenvalue weighted by Crippen LogP contribution is -2.15. The molecule has 0 spiro atoms.